The lowest BCUT2D eigenvalue weighted by molar-refractivity contribution is -0.135. The summed E-state index contributed by atoms with van der Waals surface area (Å²) < 4.78 is 0. The molecule has 3 N–H and O–H groups in total. The Hall–Kier alpha value is -1.30. The molecule has 6 nitrogen and oxygen atoms in total. The smallest absolute Gasteiger partial charge is 0.404 e. The summed E-state index contributed by atoms with van der Waals surface area (Å²) in [5.41, 5.74) is 0. The second kappa shape index (κ2) is 5.16. The van der Waals surface area contributed by atoms with E-state index in [2.05, 4.69) is 5.32 Å². The Morgan fingerprint density at radius 2 is 1.88 bits per heavy atom. The van der Waals surface area contributed by atoms with Crippen molar-refractivity contribution in [3.05, 3.63) is 0 Å². The van der Waals surface area contributed by atoms with Crippen LogP contribution in [0.1, 0.15) is 19.3 Å². The van der Waals surface area contributed by atoms with Crippen LogP contribution in [-0.4, -0.2) is 53.4 Å². The number of nitrogens with one attached hydrogen (secondary N) is 1. The van der Waals surface area contributed by atoms with Crippen molar-refractivity contribution in [2.75, 3.05) is 14.1 Å². The van der Waals surface area contributed by atoms with Gasteiger partial charge in [0.2, 0.25) is 5.91 Å². The number of hydrogen-bond donors (Lipinski definition) is 3. The van der Waals surface area contributed by atoms with Crippen molar-refractivity contribution in [1.82, 2.24) is 10.2 Å². The maximum absolute atomic E-state index is 11.7. The Morgan fingerprint density at radius 3 is 2.38 bits per heavy atom. The van der Waals surface area contributed by atoms with E-state index in [1.54, 1.807) is 14.1 Å². The minimum Gasteiger partial charge on any atom is -0.465 e. The van der Waals surface area contributed by atoms with Crippen molar-refractivity contribution in [2.24, 2.45) is 5.92 Å². The standard InChI is InChI=1S/C10H18N2O4/c1-12(2)9(14)6-3-7(11-10(15)16)5-8(13)4-6/h6-8,11,13H,3-5H2,1-2H3,(H,15,16)/t6-,7+,8+/m1/s1. The van der Waals surface area contributed by atoms with E-state index >= 15 is 0 Å². The molecule has 0 spiro atoms. The summed E-state index contributed by atoms with van der Waals surface area (Å²) in [7, 11) is 3.31. The zero-order chi connectivity index (χ0) is 12.3. The number of carboxylic acid groups (broad SMARTS) is 1. The fourth-order valence-electron chi connectivity index (χ4n) is 2.15. The van der Waals surface area contributed by atoms with Crippen LogP contribution in [0.3, 0.4) is 0 Å². The first-order valence-electron chi connectivity index (χ1n) is 5.28. The Balaban J connectivity index is 2.60. The molecule has 0 unspecified atom stereocenters. The van der Waals surface area contributed by atoms with Crippen molar-refractivity contribution >= 4 is 12.0 Å². The summed E-state index contributed by atoms with van der Waals surface area (Å²) >= 11 is 0. The summed E-state index contributed by atoms with van der Waals surface area (Å²) in [6, 6.07) is -0.338. The molecule has 1 saturated carbocycles. The highest BCUT2D eigenvalue weighted by Crippen LogP contribution is 2.26. The topological polar surface area (TPSA) is 89.9 Å². The highest BCUT2D eigenvalue weighted by atomic mass is 16.4. The van der Waals surface area contributed by atoms with Crippen molar-refractivity contribution < 1.29 is 19.8 Å². The van der Waals surface area contributed by atoms with E-state index in [0.29, 0.717) is 19.3 Å². The highest BCUT2D eigenvalue weighted by molar-refractivity contribution is 5.78. The molecule has 0 aromatic carbocycles. The monoisotopic (exact) mass is 230 g/mol. The average Bonchev–Trinajstić information content (AvgIpc) is 2.14. The molecule has 1 rings (SSSR count). The van der Waals surface area contributed by atoms with E-state index in [0.717, 1.165) is 0 Å². The van der Waals surface area contributed by atoms with E-state index in [1.165, 1.54) is 4.90 Å². The molecule has 1 fully saturated rings. The summed E-state index contributed by atoms with van der Waals surface area (Å²) in [6.45, 7) is 0. The van der Waals surface area contributed by atoms with Gasteiger partial charge >= 0.3 is 6.09 Å². The maximum Gasteiger partial charge on any atom is 0.404 e. The molecule has 0 saturated heterocycles. The number of aliphatic hydroxyl groups excluding tert-OH is 1. The lowest BCUT2D eigenvalue weighted by Gasteiger charge is -2.32. The van der Waals surface area contributed by atoms with Gasteiger partial charge in [-0.05, 0) is 19.3 Å². The Kier molecular flexibility index (Phi) is 4.12. The van der Waals surface area contributed by atoms with Crippen LogP contribution in [0.5, 0.6) is 0 Å². The van der Waals surface area contributed by atoms with Crippen LogP contribution in [0.25, 0.3) is 0 Å². The normalized spacial score (nSPS) is 29.6. The van der Waals surface area contributed by atoms with Gasteiger partial charge in [0.05, 0.1) is 6.10 Å². The number of hydrogen-bond acceptors (Lipinski definition) is 3. The van der Waals surface area contributed by atoms with Gasteiger partial charge in [0, 0.05) is 26.1 Å². The van der Waals surface area contributed by atoms with E-state index in [4.69, 9.17) is 5.11 Å². The van der Waals surface area contributed by atoms with Crippen LogP contribution < -0.4 is 5.32 Å². The van der Waals surface area contributed by atoms with Crippen molar-refractivity contribution in [2.45, 2.75) is 31.4 Å². The van der Waals surface area contributed by atoms with Gasteiger partial charge < -0.3 is 20.4 Å². The van der Waals surface area contributed by atoms with E-state index in [1.807, 2.05) is 0 Å². The molecular formula is C10H18N2O4. The van der Waals surface area contributed by atoms with Crippen LogP contribution in [0, 0.1) is 5.92 Å². The third-order valence-electron chi connectivity index (χ3n) is 2.80. The van der Waals surface area contributed by atoms with Gasteiger partial charge in [0.1, 0.15) is 0 Å². The third kappa shape index (κ3) is 3.37. The Labute approximate surface area is 94.2 Å². The minimum absolute atomic E-state index is 0.0593. The van der Waals surface area contributed by atoms with Gasteiger partial charge in [0.25, 0.3) is 0 Å². The number of carbonyl (C=O) groups is 2. The van der Waals surface area contributed by atoms with Crippen LogP contribution in [0.2, 0.25) is 0 Å². The highest BCUT2D eigenvalue weighted by Gasteiger charge is 2.33. The van der Waals surface area contributed by atoms with Gasteiger partial charge in [-0.25, -0.2) is 4.79 Å². The lowest BCUT2D eigenvalue weighted by atomic mass is 9.83. The predicted molar refractivity (Wildman–Crippen MR) is 57.0 cm³/mol. The largest absolute Gasteiger partial charge is 0.465 e. The quantitative estimate of drug-likeness (QED) is 0.616. The van der Waals surface area contributed by atoms with Crippen molar-refractivity contribution in [3.8, 4) is 0 Å². The van der Waals surface area contributed by atoms with E-state index in [9.17, 15) is 14.7 Å². The third-order valence-corrected chi connectivity index (χ3v) is 2.80. The van der Waals surface area contributed by atoms with Crippen LogP contribution in [0.4, 0.5) is 4.79 Å². The molecule has 0 aromatic heterocycles. The zero-order valence-corrected chi connectivity index (χ0v) is 9.51. The molecule has 0 aliphatic heterocycles. The molecule has 1 aliphatic carbocycles. The molecule has 3 atom stereocenters. The van der Waals surface area contributed by atoms with Crippen LogP contribution >= 0.6 is 0 Å². The molecular weight excluding hydrogens is 212 g/mol. The number of aliphatic hydroxyl groups is 1. The van der Waals surface area contributed by atoms with E-state index < -0.39 is 12.2 Å². The molecule has 0 heterocycles. The maximum atomic E-state index is 11.7. The first-order valence-corrected chi connectivity index (χ1v) is 5.28. The minimum atomic E-state index is -1.12. The number of carbonyl (C=O) groups excluding carboxylic acids is 1. The molecule has 1 aliphatic rings. The van der Waals surface area contributed by atoms with Crippen molar-refractivity contribution in [1.29, 1.82) is 0 Å². The summed E-state index contributed by atoms with van der Waals surface area (Å²) in [5.74, 6) is -0.355. The first kappa shape index (κ1) is 12.8. The predicted octanol–water partition coefficient (Wildman–Crippen LogP) is -0.128. The van der Waals surface area contributed by atoms with Crippen LogP contribution in [0.15, 0.2) is 0 Å². The fraction of sp³-hybridized carbons (Fsp3) is 0.800. The molecule has 6 heteroatoms. The van der Waals surface area contributed by atoms with Gasteiger partial charge in [-0.15, -0.1) is 0 Å². The summed E-state index contributed by atoms with van der Waals surface area (Å²) in [5, 5.41) is 20.5. The molecule has 16 heavy (non-hydrogen) atoms. The second-order valence-electron chi connectivity index (χ2n) is 4.44. The average molecular weight is 230 g/mol. The molecule has 0 aromatic rings. The Bertz CT molecular complexity index is 280. The fourth-order valence-corrected chi connectivity index (χ4v) is 2.15. The number of rotatable bonds is 2. The summed E-state index contributed by atoms with van der Waals surface area (Å²) in [6.07, 6.45) is -0.478. The molecule has 92 valence electrons. The molecule has 0 bridgehead atoms. The molecule has 2 amide bonds. The van der Waals surface area contributed by atoms with Gasteiger partial charge in [0.15, 0.2) is 0 Å². The van der Waals surface area contributed by atoms with Crippen LogP contribution in [-0.2, 0) is 4.79 Å². The summed E-state index contributed by atoms with van der Waals surface area (Å²) in [4.78, 5) is 23.7. The number of nitrogens with zero attached hydrogens (tertiary/aromatic N) is 1. The Morgan fingerprint density at radius 1 is 1.25 bits per heavy atom. The SMILES string of the molecule is CN(C)C(=O)[C@H]1C[C@H](O)C[C@@H](NC(=O)O)C1. The zero-order valence-electron chi connectivity index (χ0n) is 9.51. The lowest BCUT2D eigenvalue weighted by Crippen LogP contribution is -2.45. The van der Waals surface area contributed by atoms with Gasteiger partial charge in [-0.1, -0.05) is 0 Å². The van der Waals surface area contributed by atoms with E-state index in [-0.39, 0.29) is 17.9 Å². The first-order chi connectivity index (χ1) is 7.40. The molecule has 0 radical (unpaired) electrons. The van der Waals surface area contributed by atoms with Gasteiger partial charge in [-0.2, -0.15) is 0 Å². The van der Waals surface area contributed by atoms with Crippen molar-refractivity contribution in [3.63, 3.8) is 0 Å². The second-order valence-corrected chi connectivity index (χ2v) is 4.44. The van der Waals surface area contributed by atoms with Gasteiger partial charge in [-0.3, -0.25) is 4.79 Å². The number of amides is 2.